The number of carbonyl (C=O) groups excluding carboxylic acids is 1. The Kier molecular flexibility index (Phi) is 5.38. The van der Waals surface area contributed by atoms with Crippen LogP contribution in [0.5, 0.6) is 5.75 Å². The van der Waals surface area contributed by atoms with E-state index in [-0.39, 0.29) is 5.91 Å². The molecule has 0 fully saturated rings. The highest BCUT2D eigenvalue weighted by atomic mass is 79.9. The van der Waals surface area contributed by atoms with Gasteiger partial charge in [-0.15, -0.1) is 11.3 Å². The van der Waals surface area contributed by atoms with Crippen LogP contribution in [0.3, 0.4) is 0 Å². The molecule has 0 spiro atoms. The van der Waals surface area contributed by atoms with Crippen molar-refractivity contribution in [1.82, 2.24) is 5.32 Å². The van der Waals surface area contributed by atoms with E-state index >= 15 is 0 Å². The summed E-state index contributed by atoms with van der Waals surface area (Å²) in [5.41, 5.74) is 0.597. The topological polar surface area (TPSA) is 38.3 Å². The van der Waals surface area contributed by atoms with Crippen LogP contribution in [-0.4, -0.2) is 12.5 Å². The Morgan fingerprint density at radius 3 is 2.95 bits per heavy atom. The molecule has 2 rings (SSSR count). The van der Waals surface area contributed by atoms with Crippen molar-refractivity contribution in [2.45, 2.75) is 6.54 Å². The van der Waals surface area contributed by atoms with Crippen molar-refractivity contribution >= 4 is 33.2 Å². The zero-order valence-electron chi connectivity index (χ0n) is 10.8. The van der Waals surface area contributed by atoms with Gasteiger partial charge in [-0.25, -0.2) is 0 Å². The lowest BCUT2D eigenvalue weighted by Crippen LogP contribution is -2.22. The Morgan fingerprint density at radius 1 is 1.45 bits per heavy atom. The number of rotatable bonds is 6. The minimum absolute atomic E-state index is 0.102. The molecule has 0 aliphatic rings. The predicted octanol–water partition coefficient (Wildman–Crippen LogP) is 4.01. The fourth-order valence-electron chi connectivity index (χ4n) is 1.59. The van der Waals surface area contributed by atoms with Crippen LogP contribution in [0.2, 0.25) is 0 Å². The van der Waals surface area contributed by atoms with Crippen molar-refractivity contribution in [2.24, 2.45) is 0 Å². The van der Waals surface area contributed by atoms with Crippen LogP contribution >= 0.6 is 27.3 Å². The molecule has 0 unspecified atom stereocenters. The van der Waals surface area contributed by atoms with Gasteiger partial charge in [0.25, 0.3) is 5.91 Å². The molecule has 0 saturated heterocycles. The molecule has 20 heavy (non-hydrogen) atoms. The molecule has 0 atom stereocenters. The van der Waals surface area contributed by atoms with Crippen molar-refractivity contribution in [2.75, 3.05) is 6.61 Å². The van der Waals surface area contributed by atoms with Crippen LogP contribution in [0.1, 0.15) is 15.2 Å². The fraction of sp³-hybridized carbons (Fsp3) is 0.133. The summed E-state index contributed by atoms with van der Waals surface area (Å²) >= 11 is 5.02. The van der Waals surface area contributed by atoms with E-state index in [0.29, 0.717) is 24.5 Å². The van der Waals surface area contributed by atoms with E-state index in [1.54, 1.807) is 35.6 Å². The molecular weight excluding hydrogens is 338 g/mol. The molecule has 1 N–H and O–H groups in total. The molecule has 0 aliphatic carbocycles. The lowest BCUT2D eigenvalue weighted by molar-refractivity contribution is 0.0951. The van der Waals surface area contributed by atoms with Crippen LogP contribution in [0.15, 0.2) is 52.8 Å². The van der Waals surface area contributed by atoms with Gasteiger partial charge in [-0.2, -0.15) is 0 Å². The Bertz CT molecular complexity index is 596. The first-order chi connectivity index (χ1) is 9.70. The number of halogens is 1. The molecule has 1 amide bonds. The summed E-state index contributed by atoms with van der Waals surface area (Å²) in [7, 11) is 0. The van der Waals surface area contributed by atoms with E-state index < -0.39 is 0 Å². The number of amides is 1. The zero-order valence-corrected chi connectivity index (χ0v) is 13.2. The summed E-state index contributed by atoms with van der Waals surface area (Å²) in [6, 6.07) is 9.23. The summed E-state index contributed by atoms with van der Waals surface area (Å²) in [6.45, 7) is 4.57. The van der Waals surface area contributed by atoms with Gasteiger partial charge in [-0.1, -0.05) is 18.7 Å². The monoisotopic (exact) mass is 351 g/mol. The molecule has 0 bridgehead atoms. The number of carbonyl (C=O) groups is 1. The third-order valence-corrected chi connectivity index (χ3v) is 4.05. The second-order valence-electron chi connectivity index (χ2n) is 4.01. The maximum atomic E-state index is 12.0. The van der Waals surface area contributed by atoms with E-state index in [9.17, 15) is 4.79 Å². The van der Waals surface area contributed by atoms with Crippen molar-refractivity contribution in [3.63, 3.8) is 0 Å². The van der Waals surface area contributed by atoms with Crippen LogP contribution in [0, 0.1) is 0 Å². The average molecular weight is 352 g/mol. The van der Waals surface area contributed by atoms with Crippen LogP contribution in [0.25, 0.3) is 0 Å². The zero-order chi connectivity index (χ0) is 14.4. The minimum atomic E-state index is -0.102. The maximum absolute atomic E-state index is 12.0. The van der Waals surface area contributed by atoms with Gasteiger partial charge in [-0.3, -0.25) is 4.79 Å². The third-order valence-electron chi connectivity index (χ3n) is 2.55. The van der Waals surface area contributed by atoms with E-state index in [0.717, 1.165) is 9.35 Å². The van der Waals surface area contributed by atoms with Gasteiger partial charge in [0, 0.05) is 10.4 Å². The molecular formula is C15H14BrNO2S. The quantitative estimate of drug-likeness (QED) is 0.798. The molecule has 1 heterocycles. The summed E-state index contributed by atoms with van der Waals surface area (Å²) in [4.78, 5) is 13.2. The van der Waals surface area contributed by atoms with Crippen molar-refractivity contribution in [1.29, 1.82) is 0 Å². The highest BCUT2D eigenvalue weighted by Gasteiger charge is 2.09. The van der Waals surface area contributed by atoms with Gasteiger partial charge in [0.1, 0.15) is 12.4 Å². The van der Waals surface area contributed by atoms with Crippen LogP contribution < -0.4 is 10.1 Å². The predicted molar refractivity (Wildman–Crippen MR) is 85.3 cm³/mol. The van der Waals surface area contributed by atoms with Crippen molar-refractivity contribution in [3.05, 3.63) is 63.3 Å². The maximum Gasteiger partial charge on any atom is 0.251 e. The summed E-state index contributed by atoms with van der Waals surface area (Å²) in [6.07, 6.45) is 1.67. The van der Waals surface area contributed by atoms with Crippen molar-refractivity contribution in [3.8, 4) is 5.75 Å². The Morgan fingerprint density at radius 2 is 2.30 bits per heavy atom. The second kappa shape index (κ2) is 7.26. The standard InChI is InChI=1S/C15H14BrNO2S/c1-2-7-19-14-6-5-11(9-13(14)16)15(18)17-10-12-4-3-8-20-12/h2-6,8-9H,1,7,10H2,(H,17,18). The average Bonchev–Trinajstić information content (AvgIpc) is 2.96. The molecule has 1 aromatic carbocycles. The first kappa shape index (κ1) is 14.8. The van der Waals surface area contributed by atoms with E-state index in [4.69, 9.17) is 4.74 Å². The number of hydrogen-bond donors (Lipinski definition) is 1. The summed E-state index contributed by atoms with van der Waals surface area (Å²) in [5, 5.41) is 4.87. The molecule has 2 aromatic rings. The molecule has 104 valence electrons. The van der Waals surface area contributed by atoms with Crippen LogP contribution in [0.4, 0.5) is 0 Å². The largest absolute Gasteiger partial charge is 0.488 e. The van der Waals surface area contributed by atoms with Gasteiger partial charge in [0.15, 0.2) is 0 Å². The molecule has 1 aromatic heterocycles. The lowest BCUT2D eigenvalue weighted by atomic mass is 10.2. The number of hydrogen-bond acceptors (Lipinski definition) is 3. The lowest BCUT2D eigenvalue weighted by Gasteiger charge is -2.08. The van der Waals surface area contributed by atoms with Gasteiger partial charge in [0.2, 0.25) is 0 Å². The SMILES string of the molecule is C=CCOc1ccc(C(=O)NCc2cccs2)cc1Br. The van der Waals surface area contributed by atoms with E-state index in [1.807, 2.05) is 17.5 Å². The molecule has 5 heteroatoms. The number of thiophene rings is 1. The Hall–Kier alpha value is -1.59. The smallest absolute Gasteiger partial charge is 0.251 e. The molecule has 0 saturated carbocycles. The molecule has 3 nitrogen and oxygen atoms in total. The van der Waals surface area contributed by atoms with Gasteiger partial charge < -0.3 is 10.1 Å². The van der Waals surface area contributed by atoms with E-state index in [1.165, 1.54) is 0 Å². The Labute approximate surface area is 130 Å². The minimum Gasteiger partial charge on any atom is -0.488 e. The van der Waals surface area contributed by atoms with E-state index in [2.05, 4.69) is 27.8 Å². The van der Waals surface area contributed by atoms with Gasteiger partial charge in [-0.05, 0) is 45.6 Å². The third kappa shape index (κ3) is 3.95. The van der Waals surface area contributed by atoms with Crippen LogP contribution in [-0.2, 0) is 6.54 Å². The number of ether oxygens (including phenoxy) is 1. The summed E-state index contributed by atoms with van der Waals surface area (Å²) < 4.78 is 6.20. The first-order valence-corrected chi connectivity index (χ1v) is 7.72. The van der Waals surface area contributed by atoms with Gasteiger partial charge >= 0.3 is 0 Å². The first-order valence-electron chi connectivity index (χ1n) is 6.04. The highest BCUT2D eigenvalue weighted by Crippen LogP contribution is 2.26. The second-order valence-corrected chi connectivity index (χ2v) is 5.89. The normalized spacial score (nSPS) is 10.1. The number of benzene rings is 1. The molecule has 0 radical (unpaired) electrons. The number of nitrogens with one attached hydrogen (secondary N) is 1. The Balaban J connectivity index is 1.99. The highest BCUT2D eigenvalue weighted by molar-refractivity contribution is 9.10. The van der Waals surface area contributed by atoms with Crippen molar-refractivity contribution < 1.29 is 9.53 Å². The summed E-state index contributed by atoms with van der Waals surface area (Å²) in [5.74, 6) is 0.592. The fourth-order valence-corrected chi connectivity index (χ4v) is 2.73. The molecule has 0 aliphatic heterocycles. The van der Waals surface area contributed by atoms with Gasteiger partial charge in [0.05, 0.1) is 11.0 Å².